The van der Waals surface area contributed by atoms with Gasteiger partial charge in [-0.1, -0.05) is 30.3 Å². The zero-order chi connectivity index (χ0) is 14.8. The molecule has 3 nitrogen and oxygen atoms in total. The summed E-state index contributed by atoms with van der Waals surface area (Å²) in [6, 6.07) is 10.5. The monoisotopic (exact) mass is 287 g/mol. The van der Waals surface area contributed by atoms with Crippen LogP contribution in [0.1, 0.15) is 44.1 Å². The van der Waals surface area contributed by atoms with Gasteiger partial charge in [-0.3, -0.25) is 4.79 Å². The molecule has 0 heterocycles. The molecule has 0 aliphatic heterocycles. The molecule has 1 aromatic carbocycles. The van der Waals surface area contributed by atoms with Gasteiger partial charge in [-0.2, -0.15) is 0 Å². The van der Waals surface area contributed by atoms with E-state index in [0.29, 0.717) is 5.41 Å². The Morgan fingerprint density at radius 1 is 1.19 bits per heavy atom. The average molecular weight is 287 g/mol. The smallest absolute Gasteiger partial charge is 0.311 e. The van der Waals surface area contributed by atoms with Gasteiger partial charge in [0.05, 0.1) is 12.5 Å². The third kappa shape index (κ3) is 2.84. The summed E-state index contributed by atoms with van der Waals surface area (Å²) in [7, 11) is 1.52. The van der Waals surface area contributed by atoms with E-state index in [4.69, 9.17) is 4.74 Å². The molecule has 0 unspecified atom stereocenters. The summed E-state index contributed by atoms with van der Waals surface area (Å²) in [6.07, 6.45) is 6.65. The second kappa shape index (κ2) is 5.80. The SMILES string of the molecule is COC(=O)C12CCC(CCNCc3ccccc3)(CC1)C2. The molecule has 2 aliphatic carbocycles. The molecule has 1 aromatic rings. The van der Waals surface area contributed by atoms with Gasteiger partial charge >= 0.3 is 5.97 Å². The van der Waals surface area contributed by atoms with Crippen LogP contribution in [0.3, 0.4) is 0 Å². The van der Waals surface area contributed by atoms with E-state index in [1.54, 1.807) is 0 Å². The highest BCUT2D eigenvalue weighted by Crippen LogP contribution is 2.63. The topological polar surface area (TPSA) is 38.3 Å². The maximum absolute atomic E-state index is 12.0. The van der Waals surface area contributed by atoms with E-state index in [0.717, 1.165) is 32.4 Å². The average Bonchev–Trinajstić information content (AvgIpc) is 3.09. The lowest BCUT2D eigenvalue weighted by atomic mass is 9.80. The second-order valence-electron chi connectivity index (χ2n) is 6.86. The van der Waals surface area contributed by atoms with Gasteiger partial charge in [-0.25, -0.2) is 0 Å². The van der Waals surface area contributed by atoms with E-state index in [-0.39, 0.29) is 11.4 Å². The van der Waals surface area contributed by atoms with Crippen molar-refractivity contribution in [2.45, 2.75) is 45.1 Å². The van der Waals surface area contributed by atoms with E-state index in [1.165, 1.54) is 31.9 Å². The number of rotatable bonds is 6. The zero-order valence-corrected chi connectivity index (χ0v) is 12.9. The molecule has 0 aromatic heterocycles. The molecule has 2 fully saturated rings. The fraction of sp³-hybridized carbons (Fsp3) is 0.611. The van der Waals surface area contributed by atoms with Crippen molar-refractivity contribution < 1.29 is 9.53 Å². The van der Waals surface area contributed by atoms with Gasteiger partial charge in [0.25, 0.3) is 0 Å². The third-order valence-electron chi connectivity index (χ3n) is 5.60. The molecule has 0 saturated heterocycles. The van der Waals surface area contributed by atoms with Crippen LogP contribution in [0.5, 0.6) is 0 Å². The zero-order valence-electron chi connectivity index (χ0n) is 12.9. The minimum Gasteiger partial charge on any atom is -0.469 e. The Morgan fingerprint density at radius 3 is 2.57 bits per heavy atom. The first kappa shape index (κ1) is 14.6. The molecule has 3 heteroatoms. The van der Waals surface area contributed by atoms with Crippen LogP contribution in [-0.2, 0) is 16.1 Å². The Morgan fingerprint density at radius 2 is 1.90 bits per heavy atom. The highest BCUT2D eigenvalue weighted by atomic mass is 16.5. The van der Waals surface area contributed by atoms with E-state index < -0.39 is 0 Å². The molecule has 2 bridgehead atoms. The molecule has 21 heavy (non-hydrogen) atoms. The number of carbonyl (C=O) groups is 1. The Balaban J connectivity index is 1.48. The fourth-order valence-electron chi connectivity index (χ4n) is 4.34. The number of carbonyl (C=O) groups excluding carboxylic acids is 1. The standard InChI is InChI=1S/C18H25NO2/c1-21-16(20)18-9-7-17(14-18,8-10-18)11-12-19-13-15-5-3-2-4-6-15/h2-6,19H,7-14H2,1H3. The van der Waals surface area contributed by atoms with Crippen LogP contribution in [0.15, 0.2) is 30.3 Å². The summed E-state index contributed by atoms with van der Waals surface area (Å²) >= 11 is 0. The van der Waals surface area contributed by atoms with E-state index in [1.807, 2.05) is 6.07 Å². The third-order valence-corrected chi connectivity index (χ3v) is 5.60. The predicted molar refractivity (Wildman–Crippen MR) is 82.7 cm³/mol. The number of methoxy groups -OCH3 is 1. The van der Waals surface area contributed by atoms with Gasteiger partial charge in [-0.05, 0) is 56.0 Å². The number of hydrogen-bond acceptors (Lipinski definition) is 3. The number of nitrogens with one attached hydrogen (secondary N) is 1. The molecule has 2 aliphatic rings. The molecule has 2 saturated carbocycles. The second-order valence-corrected chi connectivity index (χ2v) is 6.86. The first-order valence-corrected chi connectivity index (χ1v) is 8.01. The van der Waals surface area contributed by atoms with Crippen LogP contribution in [0.25, 0.3) is 0 Å². The Kier molecular flexibility index (Phi) is 4.03. The lowest BCUT2D eigenvalue weighted by Crippen LogP contribution is -2.27. The van der Waals surface area contributed by atoms with E-state index >= 15 is 0 Å². The molecule has 0 spiro atoms. The lowest BCUT2D eigenvalue weighted by molar-refractivity contribution is -0.152. The van der Waals surface area contributed by atoms with E-state index in [9.17, 15) is 4.79 Å². The van der Waals surface area contributed by atoms with Gasteiger partial charge in [0.2, 0.25) is 0 Å². The molecule has 0 amide bonds. The Labute approximate surface area is 127 Å². The highest BCUT2D eigenvalue weighted by molar-refractivity contribution is 5.77. The minimum absolute atomic E-state index is 0.0270. The number of fused-ring (bicyclic) bond motifs is 2. The molecular weight excluding hydrogens is 262 g/mol. The summed E-state index contributed by atoms with van der Waals surface area (Å²) in [6.45, 7) is 1.96. The van der Waals surface area contributed by atoms with Crippen molar-refractivity contribution in [1.29, 1.82) is 0 Å². The molecule has 114 valence electrons. The highest BCUT2D eigenvalue weighted by Gasteiger charge is 2.58. The number of esters is 1. The van der Waals surface area contributed by atoms with Crippen molar-refractivity contribution >= 4 is 5.97 Å². The number of hydrogen-bond donors (Lipinski definition) is 1. The van der Waals surface area contributed by atoms with Gasteiger partial charge in [0, 0.05) is 6.54 Å². The number of ether oxygens (including phenoxy) is 1. The van der Waals surface area contributed by atoms with Crippen molar-refractivity contribution in [2.75, 3.05) is 13.7 Å². The lowest BCUT2D eigenvalue weighted by Gasteiger charge is -2.26. The first-order valence-electron chi connectivity index (χ1n) is 8.01. The van der Waals surface area contributed by atoms with Crippen molar-refractivity contribution in [1.82, 2.24) is 5.32 Å². The minimum atomic E-state index is -0.145. The van der Waals surface area contributed by atoms with Crippen molar-refractivity contribution in [3.8, 4) is 0 Å². The number of benzene rings is 1. The predicted octanol–water partition coefficient (Wildman–Crippen LogP) is 3.29. The Bertz CT molecular complexity index is 489. The van der Waals surface area contributed by atoms with Crippen LogP contribution < -0.4 is 5.32 Å². The summed E-state index contributed by atoms with van der Waals surface area (Å²) in [5.74, 6) is 0.0270. The first-order chi connectivity index (χ1) is 10.2. The summed E-state index contributed by atoms with van der Waals surface area (Å²) in [5, 5.41) is 3.55. The maximum Gasteiger partial charge on any atom is 0.311 e. The quantitative estimate of drug-likeness (QED) is 0.644. The van der Waals surface area contributed by atoms with Gasteiger partial charge < -0.3 is 10.1 Å². The normalized spacial score (nSPS) is 30.5. The molecule has 1 N–H and O–H groups in total. The Hall–Kier alpha value is -1.35. The van der Waals surface area contributed by atoms with Gasteiger partial charge in [-0.15, -0.1) is 0 Å². The van der Waals surface area contributed by atoms with Crippen molar-refractivity contribution in [3.05, 3.63) is 35.9 Å². The van der Waals surface area contributed by atoms with Crippen LogP contribution >= 0.6 is 0 Å². The van der Waals surface area contributed by atoms with Crippen LogP contribution in [0.4, 0.5) is 0 Å². The van der Waals surface area contributed by atoms with E-state index in [2.05, 4.69) is 29.6 Å². The summed E-state index contributed by atoms with van der Waals surface area (Å²) in [5.41, 5.74) is 1.57. The molecule has 3 rings (SSSR count). The molecule has 0 atom stereocenters. The largest absolute Gasteiger partial charge is 0.469 e. The van der Waals surface area contributed by atoms with Crippen LogP contribution in [0, 0.1) is 10.8 Å². The van der Waals surface area contributed by atoms with Crippen molar-refractivity contribution in [3.63, 3.8) is 0 Å². The fourth-order valence-corrected chi connectivity index (χ4v) is 4.34. The molecular formula is C18H25NO2. The van der Waals surface area contributed by atoms with Crippen molar-refractivity contribution in [2.24, 2.45) is 10.8 Å². The van der Waals surface area contributed by atoms with Gasteiger partial charge in [0.15, 0.2) is 0 Å². The molecule has 0 radical (unpaired) electrons. The van der Waals surface area contributed by atoms with Gasteiger partial charge in [0.1, 0.15) is 0 Å². The van der Waals surface area contributed by atoms with Crippen LogP contribution in [0.2, 0.25) is 0 Å². The summed E-state index contributed by atoms with van der Waals surface area (Å²) < 4.78 is 5.03. The maximum atomic E-state index is 12.0. The summed E-state index contributed by atoms with van der Waals surface area (Å²) in [4.78, 5) is 12.0. The van der Waals surface area contributed by atoms with Crippen LogP contribution in [-0.4, -0.2) is 19.6 Å².